The van der Waals surface area contributed by atoms with Gasteiger partial charge in [0.15, 0.2) is 0 Å². The van der Waals surface area contributed by atoms with Crippen LogP contribution in [-0.2, 0) is 10.0 Å². The van der Waals surface area contributed by atoms with E-state index < -0.39 is 10.0 Å². The molecule has 1 fully saturated rings. The summed E-state index contributed by atoms with van der Waals surface area (Å²) >= 11 is 6.67. The summed E-state index contributed by atoms with van der Waals surface area (Å²) in [6.07, 6.45) is 0.856. The van der Waals surface area contributed by atoms with Crippen molar-refractivity contribution < 1.29 is 8.42 Å². The van der Waals surface area contributed by atoms with Crippen LogP contribution < -0.4 is 0 Å². The van der Waals surface area contributed by atoms with Crippen LogP contribution >= 0.6 is 31.9 Å². The zero-order valence-electron chi connectivity index (χ0n) is 11.0. The third-order valence-corrected chi connectivity index (χ3v) is 7.03. The van der Waals surface area contributed by atoms with Crippen molar-refractivity contribution in [2.24, 2.45) is 0 Å². The minimum absolute atomic E-state index is 0.0675. The molecule has 1 aliphatic heterocycles. The zero-order valence-corrected chi connectivity index (χ0v) is 15.0. The predicted octanol–water partition coefficient (Wildman–Crippen LogP) is 4.35. The molecule has 1 atom stereocenters. The first-order chi connectivity index (χ1) is 10.00. The summed E-state index contributed by atoms with van der Waals surface area (Å²) in [6.45, 7) is 0.556. The second-order valence-corrected chi connectivity index (χ2v) is 8.53. The topological polar surface area (TPSA) is 37.4 Å². The fourth-order valence-corrected chi connectivity index (χ4v) is 5.58. The van der Waals surface area contributed by atoms with Crippen LogP contribution in [0.25, 0.3) is 0 Å². The van der Waals surface area contributed by atoms with Crippen LogP contribution in [0.3, 0.4) is 0 Å². The minimum atomic E-state index is -3.50. The largest absolute Gasteiger partial charge is 0.244 e. The third-order valence-electron chi connectivity index (χ3n) is 3.63. The molecule has 0 spiro atoms. The van der Waals surface area contributed by atoms with Crippen LogP contribution in [-0.4, -0.2) is 19.3 Å². The fourth-order valence-electron chi connectivity index (χ4n) is 2.46. The molecule has 2 aromatic carbocycles. The van der Waals surface area contributed by atoms with E-state index in [9.17, 15) is 8.42 Å². The van der Waals surface area contributed by atoms with E-state index in [-0.39, 0.29) is 6.04 Å². The Bertz CT molecular complexity index is 762. The molecule has 1 aliphatic rings. The summed E-state index contributed by atoms with van der Waals surface area (Å²) in [5.74, 6) is 0. The molecule has 3 rings (SSSR count). The molecular formula is C15H13Br2NO2S. The van der Waals surface area contributed by atoms with Crippen molar-refractivity contribution in [3.63, 3.8) is 0 Å². The zero-order chi connectivity index (χ0) is 15.0. The Hall–Kier alpha value is -0.690. The molecule has 21 heavy (non-hydrogen) atoms. The van der Waals surface area contributed by atoms with Crippen molar-refractivity contribution in [2.75, 3.05) is 6.54 Å². The van der Waals surface area contributed by atoms with Crippen molar-refractivity contribution in [2.45, 2.75) is 17.4 Å². The number of hydrogen-bond donors (Lipinski definition) is 0. The van der Waals surface area contributed by atoms with Crippen LogP contribution in [0.5, 0.6) is 0 Å². The maximum absolute atomic E-state index is 12.8. The van der Waals surface area contributed by atoms with E-state index in [0.29, 0.717) is 15.9 Å². The SMILES string of the molecule is O=S(=O)(c1cc(Br)ccc1Br)N1CC[C@@H]1c1ccccc1. The van der Waals surface area contributed by atoms with Crippen molar-refractivity contribution in [1.29, 1.82) is 0 Å². The molecule has 0 unspecified atom stereocenters. The first-order valence-electron chi connectivity index (χ1n) is 6.52. The Labute approximate surface area is 141 Å². The molecule has 0 amide bonds. The molecule has 1 heterocycles. The smallest absolute Gasteiger partial charge is 0.207 e. The number of nitrogens with zero attached hydrogens (tertiary/aromatic N) is 1. The van der Waals surface area contributed by atoms with Crippen LogP contribution in [0.1, 0.15) is 18.0 Å². The summed E-state index contributed by atoms with van der Waals surface area (Å²) in [6, 6.07) is 14.9. The van der Waals surface area contributed by atoms with E-state index in [1.807, 2.05) is 36.4 Å². The molecule has 0 aromatic heterocycles. The molecular weight excluding hydrogens is 418 g/mol. The van der Waals surface area contributed by atoms with E-state index in [1.165, 1.54) is 0 Å². The molecule has 0 saturated carbocycles. The van der Waals surface area contributed by atoms with Gasteiger partial charge in [0.05, 0.1) is 10.9 Å². The van der Waals surface area contributed by atoms with Gasteiger partial charge in [-0.05, 0) is 46.1 Å². The van der Waals surface area contributed by atoms with Crippen molar-refractivity contribution in [3.05, 3.63) is 63.0 Å². The number of sulfonamides is 1. The highest BCUT2D eigenvalue weighted by Gasteiger charge is 2.40. The van der Waals surface area contributed by atoms with Gasteiger partial charge in [0, 0.05) is 15.5 Å². The Balaban J connectivity index is 1.98. The first kappa shape index (κ1) is 15.2. The normalized spacial score (nSPS) is 19.2. The van der Waals surface area contributed by atoms with E-state index in [4.69, 9.17) is 0 Å². The van der Waals surface area contributed by atoms with Crippen LogP contribution in [0.15, 0.2) is 62.4 Å². The Morgan fingerprint density at radius 3 is 2.38 bits per heavy atom. The summed E-state index contributed by atoms with van der Waals surface area (Å²) in [4.78, 5) is 0.303. The Morgan fingerprint density at radius 1 is 1.05 bits per heavy atom. The second kappa shape index (κ2) is 5.83. The molecule has 6 heteroatoms. The third kappa shape index (κ3) is 2.82. The summed E-state index contributed by atoms with van der Waals surface area (Å²) in [5, 5.41) is 0. The highest BCUT2D eigenvalue weighted by molar-refractivity contribution is 9.11. The van der Waals surface area contributed by atoms with Gasteiger partial charge in [0.2, 0.25) is 10.0 Å². The van der Waals surface area contributed by atoms with Gasteiger partial charge in [-0.25, -0.2) is 8.42 Å². The van der Waals surface area contributed by atoms with Crippen LogP contribution in [0.2, 0.25) is 0 Å². The maximum Gasteiger partial charge on any atom is 0.244 e. The molecule has 2 aromatic rings. The molecule has 0 aliphatic carbocycles. The minimum Gasteiger partial charge on any atom is -0.207 e. The average Bonchev–Trinajstić information content (AvgIpc) is 2.41. The highest BCUT2D eigenvalue weighted by Crippen LogP contribution is 2.40. The lowest BCUT2D eigenvalue weighted by Gasteiger charge is -2.40. The molecule has 3 nitrogen and oxygen atoms in total. The Morgan fingerprint density at radius 2 is 1.76 bits per heavy atom. The van der Waals surface area contributed by atoms with Crippen LogP contribution in [0.4, 0.5) is 0 Å². The lowest BCUT2D eigenvalue weighted by Crippen LogP contribution is -2.45. The molecule has 110 valence electrons. The van der Waals surface area contributed by atoms with Gasteiger partial charge < -0.3 is 0 Å². The van der Waals surface area contributed by atoms with Gasteiger partial charge >= 0.3 is 0 Å². The number of rotatable bonds is 3. The van der Waals surface area contributed by atoms with E-state index in [0.717, 1.165) is 16.5 Å². The van der Waals surface area contributed by atoms with Gasteiger partial charge in [-0.2, -0.15) is 4.31 Å². The molecule has 0 radical (unpaired) electrons. The van der Waals surface area contributed by atoms with E-state index in [1.54, 1.807) is 16.4 Å². The summed E-state index contributed by atoms with van der Waals surface area (Å²) < 4.78 is 28.6. The lowest BCUT2D eigenvalue weighted by atomic mass is 9.98. The number of hydrogen-bond acceptors (Lipinski definition) is 2. The maximum atomic E-state index is 12.8. The monoisotopic (exact) mass is 429 g/mol. The number of benzene rings is 2. The van der Waals surface area contributed by atoms with Gasteiger partial charge in [-0.1, -0.05) is 46.3 Å². The quantitative estimate of drug-likeness (QED) is 0.725. The van der Waals surface area contributed by atoms with Gasteiger partial charge in [0.25, 0.3) is 0 Å². The second-order valence-electron chi connectivity index (χ2n) is 4.91. The molecule has 1 saturated heterocycles. The summed E-state index contributed by atoms with van der Waals surface area (Å²) in [7, 11) is -3.50. The van der Waals surface area contributed by atoms with Gasteiger partial charge in [-0.3, -0.25) is 0 Å². The van der Waals surface area contributed by atoms with Gasteiger partial charge in [0.1, 0.15) is 0 Å². The predicted molar refractivity (Wildman–Crippen MR) is 89.5 cm³/mol. The number of halogens is 2. The Kier molecular flexibility index (Phi) is 4.23. The average molecular weight is 431 g/mol. The van der Waals surface area contributed by atoms with Gasteiger partial charge in [-0.15, -0.1) is 0 Å². The van der Waals surface area contributed by atoms with Crippen molar-refractivity contribution >= 4 is 41.9 Å². The summed E-state index contributed by atoms with van der Waals surface area (Å²) in [5.41, 5.74) is 1.04. The molecule has 0 N–H and O–H groups in total. The first-order valence-corrected chi connectivity index (χ1v) is 9.54. The van der Waals surface area contributed by atoms with Crippen LogP contribution in [0, 0.1) is 0 Å². The lowest BCUT2D eigenvalue weighted by molar-refractivity contribution is 0.202. The van der Waals surface area contributed by atoms with E-state index in [2.05, 4.69) is 31.9 Å². The van der Waals surface area contributed by atoms with Crippen molar-refractivity contribution in [1.82, 2.24) is 4.31 Å². The fraction of sp³-hybridized carbons (Fsp3) is 0.200. The highest BCUT2D eigenvalue weighted by atomic mass is 79.9. The molecule has 0 bridgehead atoms. The standard InChI is InChI=1S/C15H13Br2NO2S/c16-12-6-7-13(17)15(10-12)21(19,20)18-9-8-14(18)11-4-2-1-3-5-11/h1-7,10,14H,8-9H2/t14-/m1/s1. The van der Waals surface area contributed by atoms with Crippen molar-refractivity contribution in [3.8, 4) is 0 Å². The van der Waals surface area contributed by atoms with E-state index >= 15 is 0 Å².